The monoisotopic (exact) mass is 231 g/mol. The molecule has 0 fully saturated rings. The van der Waals surface area contributed by atoms with Gasteiger partial charge >= 0.3 is 0 Å². The maximum atomic E-state index is 9.35. The van der Waals surface area contributed by atoms with E-state index in [1.807, 2.05) is 29.1 Å². The Morgan fingerprint density at radius 1 is 1.35 bits per heavy atom. The van der Waals surface area contributed by atoms with Gasteiger partial charge in [-0.1, -0.05) is 13.0 Å². The molecule has 90 valence electrons. The lowest BCUT2D eigenvalue weighted by Gasteiger charge is -2.09. The van der Waals surface area contributed by atoms with Crippen LogP contribution in [0.5, 0.6) is 5.75 Å². The van der Waals surface area contributed by atoms with E-state index in [4.69, 9.17) is 0 Å². The van der Waals surface area contributed by atoms with Gasteiger partial charge in [-0.3, -0.25) is 4.68 Å². The second kappa shape index (κ2) is 5.39. The van der Waals surface area contributed by atoms with Gasteiger partial charge in [-0.25, -0.2) is 0 Å². The first-order valence-corrected chi connectivity index (χ1v) is 5.83. The SMILES string of the molecule is CCCn1nccc1CNc1cccc(O)c1. The third-order valence-electron chi connectivity index (χ3n) is 2.56. The summed E-state index contributed by atoms with van der Waals surface area (Å²) in [5, 5.41) is 16.9. The maximum absolute atomic E-state index is 9.35. The van der Waals surface area contributed by atoms with Gasteiger partial charge in [0.15, 0.2) is 0 Å². The molecule has 4 heteroatoms. The second-order valence-electron chi connectivity index (χ2n) is 3.95. The number of nitrogens with one attached hydrogen (secondary N) is 1. The van der Waals surface area contributed by atoms with Crippen LogP contribution in [-0.4, -0.2) is 14.9 Å². The van der Waals surface area contributed by atoms with Crippen LogP contribution in [-0.2, 0) is 13.1 Å². The first-order chi connectivity index (χ1) is 8.29. The van der Waals surface area contributed by atoms with Crippen LogP contribution >= 0.6 is 0 Å². The number of hydrogen-bond donors (Lipinski definition) is 2. The minimum atomic E-state index is 0.275. The van der Waals surface area contributed by atoms with Crippen molar-refractivity contribution in [1.29, 1.82) is 0 Å². The fraction of sp³-hybridized carbons (Fsp3) is 0.308. The molecule has 0 spiro atoms. The van der Waals surface area contributed by atoms with Crippen molar-refractivity contribution in [3.63, 3.8) is 0 Å². The molecule has 2 aromatic rings. The molecule has 1 heterocycles. The first kappa shape index (κ1) is 11.5. The lowest BCUT2D eigenvalue weighted by Crippen LogP contribution is -2.08. The molecule has 2 N–H and O–H groups in total. The van der Waals surface area contributed by atoms with E-state index in [0.29, 0.717) is 6.54 Å². The van der Waals surface area contributed by atoms with Crippen molar-refractivity contribution < 1.29 is 5.11 Å². The van der Waals surface area contributed by atoms with E-state index in [1.54, 1.807) is 12.1 Å². The normalized spacial score (nSPS) is 10.4. The summed E-state index contributed by atoms with van der Waals surface area (Å²) in [6.45, 7) is 3.78. The highest BCUT2D eigenvalue weighted by Crippen LogP contribution is 2.16. The Hall–Kier alpha value is -1.97. The number of phenols is 1. The number of aryl methyl sites for hydroxylation is 1. The van der Waals surface area contributed by atoms with Gasteiger partial charge < -0.3 is 10.4 Å². The minimum Gasteiger partial charge on any atom is -0.508 e. The average Bonchev–Trinajstić information content (AvgIpc) is 2.75. The van der Waals surface area contributed by atoms with Crippen molar-refractivity contribution >= 4 is 5.69 Å². The van der Waals surface area contributed by atoms with Gasteiger partial charge in [-0.2, -0.15) is 5.10 Å². The highest BCUT2D eigenvalue weighted by Gasteiger charge is 2.01. The van der Waals surface area contributed by atoms with Crippen LogP contribution < -0.4 is 5.32 Å². The van der Waals surface area contributed by atoms with Crippen LogP contribution in [0.15, 0.2) is 36.5 Å². The molecule has 0 saturated heterocycles. The number of hydrogen-bond acceptors (Lipinski definition) is 3. The Morgan fingerprint density at radius 2 is 2.24 bits per heavy atom. The van der Waals surface area contributed by atoms with Gasteiger partial charge in [0.2, 0.25) is 0 Å². The molecule has 0 amide bonds. The highest BCUT2D eigenvalue weighted by molar-refractivity contribution is 5.47. The van der Waals surface area contributed by atoms with Crippen LogP contribution in [0.2, 0.25) is 0 Å². The minimum absolute atomic E-state index is 0.275. The van der Waals surface area contributed by atoms with E-state index >= 15 is 0 Å². The predicted octanol–water partition coefficient (Wildman–Crippen LogP) is 2.61. The molecule has 0 aliphatic heterocycles. The van der Waals surface area contributed by atoms with E-state index in [2.05, 4.69) is 17.3 Å². The lowest BCUT2D eigenvalue weighted by atomic mass is 10.3. The van der Waals surface area contributed by atoms with Gasteiger partial charge in [-0.15, -0.1) is 0 Å². The highest BCUT2D eigenvalue weighted by atomic mass is 16.3. The van der Waals surface area contributed by atoms with Crippen molar-refractivity contribution in [2.75, 3.05) is 5.32 Å². The molecule has 1 aromatic carbocycles. The van der Waals surface area contributed by atoms with Gasteiger partial charge in [0.25, 0.3) is 0 Å². The second-order valence-corrected chi connectivity index (χ2v) is 3.95. The van der Waals surface area contributed by atoms with Crippen LogP contribution in [0, 0.1) is 0 Å². The molecule has 0 aliphatic carbocycles. The van der Waals surface area contributed by atoms with Crippen molar-refractivity contribution in [3.8, 4) is 5.75 Å². The Balaban J connectivity index is 1.99. The van der Waals surface area contributed by atoms with Gasteiger partial charge in [-0.05, 0) is 24.6 Å². The first-order valence-electron chi connectivity index (χ1n) is 5.83. The van der Waals surface area contributed by atoms with Crippen molar-refractivity contribution in [1.82, 2.24) is 9.78 Å². The maximum Gasteiger partial charge on any atom is 0.117 e. The molecule has 2 rings (SSSR count). The Kier molecular flexibility index (Phi) is 3.65. The summed E-state index contributed by atoms with van der Waals surface area (Å²) >= 11 is 0. The van der Waals surface area contributed by atoms with Crippen LogP contribution in [0.1, 0.15) is 19.0 Å². The van der Waals surface area contributed by atoms with E-state index < -0.39 is 0 Å². The zero-order valence-corrected chi connectivity index (χ0v) is 9.93. The number of rotatable bonds is 5. The summed E-state index contributed by atoms with van der Waals surface area (Å²) < 4.78 is 2.00. The van der Waals surface area contributed by atoms with Crippen molar-refractivity contribution in [3.05, 3.63) is 42.2 Å². The zero-order chi connectivity index (χ0) is 12.1. The Bertz CT molecular complexity index is 479. The number of benzene rings is 1. The molecule has 4 nitrogen and oxygen atoms in total. The molecule has 0 aliphatic rings. The Morgan fingerprint density at radius 3 is 3.00 bits per heavy atom. The van der Waals surface area contributed by atoms with E-state index in [9.17, 15) is 5.11 Å². The van der Waals surface area contributed by atoms with Crippen LogP contribution in [0.25, 0.3) is 0 Å². The molecule has 0 radical (unpaired) electrons. The fourth-order valence-electron chi connectivity index (χ4n) is 1.73. The number of phenolic OH excluding ortho intramolecular Hbond substituents is 1. The molecule has 0 bridgehead atoms. The summed E-state index contributed by atoms with van der Waals surface area (Å²) in [7, 11) is 0. The number of nitrogens with zero attached hydrogens (tertiary/aromatic N) is 2. The number of aromatic nitrogens is 2. The number of aromatic hydroxyl groups is 1. The van der Waals surface area contributed by atoms with E-state index in [-0.39, 0.29) is 5.75 Å². The third kappa shape index (κ3) is 3.00. The topological polar surface area (TPSA) is 50.1 Å². The smallest absolute Gasteiger partial charge is 0.117 e. The summed E-state index contributed by atoms with van der Waals surface area (Å²) in [6.07, 6.45) is 2.88. The van der Waals surface area contributed by atoms with E-state index in [1.165, 1.54) is 0 Å². The number of anilines is 1. The van der Waals surface area contributed by atoms with Gasteiger partial charge in [0.1, 0.15) is 5.75 Å². The molecule has 17 heavy (non-hydrogen) atoms. The van der Waals surface area contributed by atoms with Gasteiger partial charge in [0.05, 0.1) is 12.2 Å². The van der Waals surface area contributed by atoms with Crippen LogP contribution in [0.3, 0.4) is 0 Å². The molecular weight excluding hydrogens is 214 g/mol. The summed E-state index contributed by atoms with van der Waals surface area (Å²) in [6, 6.07) is 9.12. The predicted molar refractivity (Wildman–Crippen MR) is 68.0 cm³/mol. The van der Waals surface area contributed by atoms with Crippen molar-refractivity contribution in [2.45, 2.75) is 26.4 Å². The molecule has 0 atom stereocenters. The lowest BCUT2D eigenvalue weighted by molar-refractivity contribution is 0.475. The van der Waals surface area contributed by atoms with E-state index in [0.717, 1.165) is 24.3 Å². The van der Waals surface area contributed by atoms with Crippen LogP contribution in [0.4, 0.5) is 5.69 Å². The third-order valence-corrected chi connectivity index (χ3v) is 2.56. The largest absolute Gasteiger partial charge is 0.508 e. The molecule has 1 aromatic heterocycles. The summed E-state index contributed by atoms with van der Waals surface area (Å²) in [5.41, 5.74) is 2.06. The standard InChI is InChI=1S/C13H17N3O/c1-2-8-16-12(6-7-15-16)10-14-11-4-3-5-13(17)9-11/h3-7,9,14,17H,2,8,10H2,1H3. The molecular formula is C13H17N3O. The van der Waals surface area contributed by atoms with Gasteiger partial charge in [0, 0.05) is 24.5 Å². The fourth-order valence-corrected chi connectivity index (χ4v) is 1.73. The average molecular weight is 231 g/mol. The molecule has 0 saturated carbocycles. The Labute approximate surface area is 101 Å². The summed E-state index contributed by atoms with van der Waals surface area (Å²) in [4.78, 5) is 0. The zero-order valence-electron chi connectivity index (χ0n) is 9.93. The molecule has 0 unspecified atom stereocenters. The quantitative estimate of drug-likeness (QED) is 0.831. The van der Waals surface area contributed by atoms with Crippen molar-refractivity contribution in [2.24, 2.45) is 0 Å². The summed E-state index contributed by atoms with van der Waals surface area (Å²) in [5.74, 6) is 0.275.